The van der Waals surface area contributed by atoms with Gasteiger partial charge in [0.25, 0.3) is 0 Å². The van der Waals surface area contributed by atoms with Gasteiger partial charge in [-0.2, -0.15) is 8.78 Å². The first-order valence-electron chi connectivity index (χ1n) is 10.6. The highest BCUT2D eigenvalue weighted by Crippen LogP contribution is 2.28. The van der Waals surface area contributed by atoms with Crippen LogP contribution in [0.15, 0.2) is 54.6 Å². The lowest BCUT2D eigenvalue weighted by Crippen LogP contribution is -2.51. The summed E-state index contributed by atoms with van der Waals surface area (Å²) in [5.41, 5.74) is 1.33. The molecule has 0 spiro atoms. The number of benzene rings is 2. The molecule has 0 aliphatic carbocycles. The largest absolute Gasteiger partial charge is 0.447 e. The van der Waals surface area contributed by atoms with Crippen molar-refractivity contribution in [3.63, 3.8) is 0 Å². The van der Waals surface area contributed by atoms with E-state index in [1.165, 1.54) is 12.1 Å². The first-order chi connectivity index (χ1) is 15.5. The first kappa shape index (κ1) is 21.9. The van der Waals surface area contributed by atoms with Crippen molar-refractivity contribution in [2.24, 2.45) is 0 Å². The van der Waals surface area contributed by atoms with Gasteiger partial charge >= 0.3 is 18.7 Å². The Balaban J connectivity index is 1.34. The minimum absolute atomic E-state index is 0.0165. The van der Waals surface area contributed by atoms with E-state index in [0.717, 1.165) is 5.56 Å². The van der Waals surface area contributed by atoms with Gasteiger partial charge in [-0.05, 0) is 37.0 Å². The Kier molecular flexibility index (Phi) is 6.72. The van der Waals surface area contributed by atoms with E-state index in [4.69, 9.17) is 4.74 Å². The Morgan fingerprint density at radius 3 is 2.50 bits per heavy atom. The summed E-state index contributed by atoms with van der Waals surface area (Å²) in [7, 11) is 0. The molecule has 2 heterocycles. The van der Waals surface area contributed by atoms with E-state index in [9.17, 15) is 18.4 Å². The summed E-state index contributed by atoms with van der Waals surface area (Å²) in [6.07, 6.45) is 1.63. The van der Waals surface area contributed by atoms with E-state index >= 15 is 0 Å². The molecule has 0 saturated carbocycles. The number of carbonyl (C=O) groups excluding carboxylic acids is 2. The average Bonchev–Trinajstić information content (AvgIpc) is 3.15. The van der Waals surface area contributed by atoms with Crippen molar-refractivity contribution >= 4 is 17.8 Å². The number of hydrogen-bond donors (Lipinski definition) is 1. The number of piperidine rings is 1. The molecular weight excluding hydrogens is 420 g/mol. The maximum absolute atomic E-state index is 12.7. The molecule has 1 atom stereocenters. The van der Waals surface area contributed by atoms with E-state index in [2.05, 4.69) is 10.1 Å². The summed E-state index contributed by atoms with van der Waals surface area (Å²) in [4.78, 5) is 28.5. The maximum Gasteiger partial charge on any atom is 0.410 e. The summed E-state index contributed by atoms with van der Waals surface area (Å²) < 4.78 is 35.0. The smallest absolute Gasteiger partial charge is 0.410 e. The quantitative estimate of drug-likeness (QED) is 0.718. The second kappa shape index (κ2) is 9.84. The van der Waals surface area contributed by atoms with Crippen molar-refractivity contribution in [3.05, 3.63) is 60.2 Å². The Morgan fingerprint density at radius 2 is 1.78 bits per heavy atom. The third kappa shape index (κ3) is 5.09. The van der Waals surface area contributed by atoms with Crippen LogP contribution >= 0.6 is 0 Å². The number of nitrogens with one attached hydrogen (secondary N) is 1. The van der Waals surface area contributed by atoms with Gasteiger partial charge in [-0.25, -0.2) is 9.59 Å². The number of alkyl halides is 2. The fourth-order valence-electron chi connectivity index (χ4n) is 4.27. The van der Waals surface area contributed by atoms with Gasteiger partial charge in [0.15, 0.2) is 0 Å². The van der Waals surface area contributed by atoms with Gasteiger partial charge in [-0.3, -0.25) is 4.90 Å². The molecule has 4 rings (SSSR count). The molecule has 2 aliphatic heterocycles. The predicted molar refractivity (Wildman–Crippen MR) is 114 cm³/mol. The zero-order valence-electron chi connectivity index (χ0n) is 17.5. The monoisotopic (exact) mass is 445 g/mol. The molecular formula is C23H25F2N3O4. The van der Waals surface area contributed by atoms with Crippen molar-refractivity contribution in [1.82, 2.24) is 9.80 Å². The van der Waals surface area contributed by atoms with Crippen LogP contribution < -0.4 is 10.1 Å². The second-order valence-electron chi connectivity index (χ2n) is 7.85. The minimum Gasteiger partial charge on any atom is -0.447 e. The summed E-state index contributed by atoms with van der Waals surface area (Å²) in [6.45, 7) is -1.74. The number of anilines is 1. The van der Waals surface area contributed by atoms with Crippen LogP contribution in [-0.4, -0.2) is 60.3 Å². The highest BCUT2D eigenvalue weighted by molar-refractivity contribution is 5.91. The van der Waals surface area contributed by atoms with Crippen molar-refractivity contribution < 1.29 is 27.8 Å². The number of halogens is 2. The van der Waals surface area contributed by atoms with E-state index in [-0.39, 0.29) is 29.6 Å². The number of carbonyl (C=O) groups is 2. The molecule has 0 radical (unpaired) electrons. The van der Waals surface area contributed by atoms with Crippen molar-refractivity contribution in [1.29, 1.82) is 0 Å². The number of nitrogens with zero attached hydrogens (tertiary/aromatic N) is 2. The molecule has 7 nitrogen and oxygen atoms in total. The van der Waals surface area contributed by atoms with Crippen molar-refractivity contribution in [2.75, 3.05) is 25.0 Å². The lowest BCUT2D eigenvalue weighted by Gasteiger charge is -2.37. The van der Waals surface area contributed by atoms with E-state index < -0.39 is 12.6 Å². The fourth-order valence-corrected chi connectivity index (χ4v) is 4.27. The Bertz CT molecular complexity index is 936. The molecule has 3 amide bonds. The van der Waals surface area contributed by atoms with Gasteiger partial charge in [0.05, 0.1) is 11.7 Å². The minimum atomic E-state index is -2.98. The van der Waals surface area contributed by atoms with Crippen LogP contribution in [0.25, 0.3) is 0 Å². The summed E-state index contributed by atoms with van der Waals surface area (Å²) in [5, 5.41) is 2.64. The maximum atomic E-state index is 12.7. The van der Waals surface area contributed by atoms with E-state index in [1.807, 2.05) is 35.2 Å². The molecule has 0 unspecified atom stereocenters. The van der Waals surface area contributed by atoms with Gasteiger partial charge in [0, 0.05) is 19.1 Å². The van der Waals surface area contributed by atoms with Crippen LogP contribution in [0.1, 0.15) is 18.4 Å². The second-order valence-corrected chi connectivity index (χ2v) is 7.85. The first-order valence-corrected chi connectivity index (χ1v) is 10.6. The van der Waals surface area contributed by atoms with Crippen LogP contribution in [0, 0.1) is 0 Å². The summed E-state index contributed by atoms with van der Waals surface area (Å²) >= 11 is 0. The number of urea groups is 1. The van der Waals surface area contributed by atoms with Crippen LogP contribution in [0.5, 0.6) is 5.75 Å². The lowest BCUT2D eigenvalue weighted by molar-refractivity contribution is -0.0493. The Morgan fingerprint density at radius 1 is 1.09 bits per heavy atom. The van der Waals surface area contributed by atoms with Crippen molar-refractivity contribution in [2.45, 2.75) is 38.0 Å². The average molecular weight is 445 g/mol. The number of hydrogen-bond acceptors (Lipinski definition) is 4. The molecule has 1 N–H and O–H groups in total. The highest BCUT2D eigenvalue weighted by Gasteiger charge is 2.39. The molecule has 32 heavy (non-hydrogen) atoms. The number of amides is 3. The molecule has 9 heteroatoms. The van der Waals surface area contributed by atoms with E-state index in [0.29, 0.717) is 39.0 Å². The number of cyclic esters (lactones) is 1. The zero-order chi connectivity index (χ0) is 22.5. The number of likely N-dealkylation sites (tertiary alicyclic amines) is 1. The molecule has 2 fully saturated rings. The van der Waals surface area contributed by atoms with Gasteiger partial charge in [-0.1, -0.05) is 42.5 Å². The van der Waals surface area contributed by atoms with Gasteiger partial charge in [-0.15, -0.1) is 0 Å². The van der Waals surface area contributed by atoms with Crippen molar-refractivity contribution in [3.8, 4) is 5.75 Å². The number of rotatable bonds is 6. The molecule has 2 aromatic rings. The number of para-hydroxylation sites is 2. The van der Waals surface area contributed by atoms with Crippen LogP contribution in [0.2, 0.25) is 0 Å². The summed E-state index contributed by atoms with van der Waals surface area (Å²) in [6, 6.07) is 15.6. The zero-order valence-corrected chi connectivity index (χ0v) is 17.5. The number of ether oxygens (including phenoxy) is 2. The predicted octanol–water partition coefficient (Wildman–Crippen LogP) is 4.35. The van der Waals surface area contributed by atoms with Crippen LogP contribution in [-0.2, 0) is 11.2 Å². The van der Waals surface area contributed by atoms with Crippen LogP contribution in [0.3, 0.4) is 0 Å². The topological polar surface area (TPSA) is 71.1 Å². The van der Waals surface area contributed by atoms with E-state index in [1.54, 1.807) is 17.0 Å². The van der Waals surface area contributed by atoms with Gasteiger partial charge < -0.3 is 19.7 Å². The normalized spacial score (nSPS) is 19.2. The molecule has 2 aromatic carbocycles. The highest BCUT2D eigenvalue weighted by atomic mass is 19.3. The third-order valence-electron chi connectivity index (χ3n) is 5.81. The van der Waals surface area contributed by atoms with Crippen LogP contribution in [0.4, 0.5) is 24.1 Å². The SMILES string of the molecule is O=C(Nc1ccccc1OC(F)F)N1CCC(N2C(=O)OC[C@@H]2Cc2ccccc2)CC1. The third-order valence-corrected chi connectivity index (χ3v) is 5.81. The Labute approximate surface area is 184 Å². The molecule has 0 aromatic heterocycles. The van der Waals surface area contributed by atoms with Gasteiger partial charge in [0.2, 0.25) is 0 Å². The fraction of sp³-hybridized carbons (Fsp3) is 0.391. The molecule has 2 aliphatic rings. The molecule has 2 saturated heterocycles. The Hall–Kier alpha value is -3.36. The summed E-state index contributed by atoms with van der Waals surface area (Å²) in [5.74, 6) is -0.0886. The van der Waals surface area contributed by atoms with Gasteiger partial charge in [0.1, 0.15) is 12.4 Å². The molecule has 170 valence electrons. The molecule has 0 bridgehead atoms. The lowest BCUT2D eigenvalue weighted by atomic mass is 9.99. The standard InChI is InChI=1S/C23H25F2N3O4/c24-21(25)32-20-9-5-4-8-19(20)26-22(29)27-12-10-17(11-13-27)28-18(15-31-23(28)30)14-16-6-2-1-3-7-16/h1-9,17-18,21H,10-15H2,(H,26,29)/t18-/m0/s1.